The topological polar surface area (TPSA) is 98.7 Å². The number of nitrogens with zero attached hydrogens (tertiary/aromatic N) is 3. The lowest BCUT2D eigenvalue weighted by Gasteiger charge is -2.12. The summed E-state index contributed by atoms with van der Waals surface area (Å²) in [6, 6.07) is 7.76. The molecule has 116 valence electrons. The second kappa shape index (κ2) is 5.84. The SMILES string of the molecule is COc1ccnc(CC(=O)ON2C(=O)c3ccccc3C2=O)n1. The Morgan fingerprint density at radius 1 is 1.13 bits per heavy atom. The van der Waals surface area contributed by atoms with E-state index in [0.29, 0.717) is 10.9 Å². The van der Waals surface area contributed by atoms with E-state index in [2.05, 4.69) is 9.97 Å². The number of benzene rings is 1. The number of hydrogen-bond acceptors (Lipinski definition) is 7. The van der Waals surface area contributed by atoms with Gasteiger partial charge in [-0.15, -0.1) is 0 Å². The van der Waals surface area contributed by atoms with Crippen LogP contribution in [0.25, 0.3) is 0 Å². The third-order valence-electron chi connectivity index (χ3n) is 3.14. The smallest absolute Gasteiger partial charge is 0.340 e. The van der Waals surface area contributed by atoms with Crippen LogP contribution in [-0.4, -0.2) is 39.9 Å². The van der Waals surface area contributed by atoms with Crippen LogP contribution < -0.4 is 4.74 Å². The molecule has 0 fully saturated rings. The Balaban J connectivity index is 1.71. The van der Waals surface area contributed by atoms with Crippen LogP contribution in [-0.2, 0) is 16.1 Å². The third-order valence-corrected chi connectivity index (χ3v) is 3.14. The summed E-state index contributed by atoms with van der Waals surface area (Å²) in [6.45, 7) is 0. The number of imide groups is 1. The number of ether oxygens (including phenoxy) is 1. The fraction of sp³-hybridized carbons (Fsp3) is 0.133. The molecule has 1 aliphatic heterocycles. The van der Waals surface area contributed by atoms with Gasteiger partial charge in [0, 0.05) is 12.3 Å². The number of methoxy groups -OCH3 is 1. The molecule has 2 amide bonds. The number of fused-ring (bicyclic) bond motifs is 1. The van der Waals surface area contributed by atoms with Crippen molar-refractivity contribution in [2.75, 3.05) is 7.11 Å². The van der Waals surface area contributed by atoms with Crippen LogP contribution in [0.4, 0.5) is 0 Å². The molecule has 0 bridgehead atoms. The number of hydroxylamine groups is 2. The molecule has 8 nitrogen and oxygen atoms in total. The molecule has 1 aliphatic rings. The fourth-order valence-electron chi connectivity index (χ4n) is 2.09. The highest BCUT2D eigenvalue weighted by atomic mass is 16.7. The van der Waals surface area contributed by atoms with Crippen molar-refractivity contribution in [3.63, 3.8) is 0 Å². The van der Waals surface area contributed by atoms with Crippen molar-refractivity contribution in [2.24, 2.45) is 0 Å². The molecule has 2 aromatic rings. The maximum atomic E-state index is 12.1. The zero-order valence-electron chi connectivity index (χ0n) is 12.1. The first-order chi connectivity index (χ1) is 11.1. The second-order valence-corrected chi connectivity index (χ2v) is 4.61. The van der Waals surface area contributed by atoms with E-state index in [1.165, 1.54) is 31.5 Å². The molecular weight excluding hydrogens is 302 g/mol. The molecule has 8 heteroatoms. The average Bonchev–Trinajstić information content (AvgIpc) is 2.80. The molecule has 0 N–H and O–H groups in total. The first-order valence-electron chi connectivity index (χ1n) is 6.64. The van der Waals surface area contributed by atoms with Gasteiger partial charge in [0.05, 0.1) is 18.2 Å². The molecular formula is C15H11N3O5. The molecule has 0 saturated carbocycles. The molecule has 0 saturated heterocycles. The number of aromatic nitrogens is 2. The summed E-state index contributed by atoms with van der Waals surface area (Å²) in [7, 11) is 1.43. The highest BCUT2D eigenvalue weighted by molar-refractivity contribution is 6.20. The minimum atomic E-state index is -0.826. The predicted molar refractivity (Wildman–Crippen MR) is 75.3 cm³/mol. The maximum absolute atomic E-state index is 12.1. The lowest BCUT2D eigenvalue weighted by molar-refractivity contribution is -0.167. The standard InChI is InChI=1S/C15H11N3O5/c1-22-12-6-7-16-11(17-12)8-13(19)23-18-14(20)9-4-2-3-5-10(9)15(18)21/h2-7H,8H2,1H3. The van der Waals surface area contributed by atoms with Crippen molar-refractivity contribution < 1.29 is 24.0 Å². The Kier molecular flexibility index (Phi) is 3.71. The van der Waals surface area contributed by atoms with Crippen molar-refractivity contribution in [1.29, 1.82) is 0 Å². The van der Waals surface area contributed by atoms with Crippen LogP contribution in [0.2, 0.25) is 0 Å². The van der Waals surface area contributed by atoms with Crippen molar-refractivity contribution in [2.45, 2.75) is 6.42 Å². The first kappa shape index (κ1) is 14.6. The van der Waals surface area contributed by atoms with Gasteiger partial charge in [0.25, 0.3) is 11.8 Å². The zero-order valence-corrected chi connectivity index (χ0v) is 12.1. The Hall–Kier alpha value is -3.29. The number of rotatable bonds is 4. The van der Waals surface area contributed by atoms with Crippen molar-refractivity contribution in [3.8, 4) is 5.88 Å². The number of carbonyl (C=O) groups excluding carboxylic acids is 3. The van der Waals surface area contributed by atoms with Crippen molar-refractivity contribution in [3.05, 3.63) is 53.5 Å². The minimum absolute atomic E-state index is 0.158. The van der Waals surface area contributed by atoms with Crippen molar-refractivity contribution >= 4 is 17.8 Å². The summed E-state index contributed by atoms with van der Waals surface area (Å²) >= 11 is 0. The number of hydrogen-bond donors (Lipinski definition) is 0. The van der Waals surface area contributed by atoms with E-state index in [-0.39, 0.29) is 23.4 Å². The zero-order chi connectivity index (χ0) is 16.4. The summed E-state index contributed by atoms with van der Waals surface area (Å²) in [5.74, 6) is -1.72. The second-order valence-electron chi connectivity index (χ2n) is 4.61. The van der Waals surface area contributed by atoms with E-state index in [4.69, 9.17) is 9.57 Å². The highest BCUT2D eigenvalue weighted by Gasteiger charge is 2.38. The van der Waals surface area contributed by atoms with Gasteiger partial charge in [-0.2, -0.15) is 4.98 Å². The van der Waals surface area contributed by atoms with Gasteiger partial charge in [-0.05, 0) is 12.1 Å². The van der Waals surface area contributed by atoms with Crippen LogP contribution in [0.15, 0.2) is 36.5 Å². The largest absolute Gasteiger partial charge is 0.481 e. The van der Waals surface area contributed by atoms with Crippen molar-refractivity contribution in [1.82, 2.24) is 15.0 Å². The average molecular weight is 313 g/mol. The molecule has 23 heavy (non-hydrogen) atoms. The molecule has 2 heterocycles. The van der Waals surface area contributed by atoms with Crippen LogP contribution >= 0.6 is 0 Å². The Labute approximate surface area is 130 Å². The lowest BCUT2D eigenvalue weighted by atomic mass is 10.1. The summed E-state index contributed by atoms with van der Waals surface area (Å²) in [4.78, 5) is 48.8. The molecule has 0 unspecified atom stereocenters. The van der Waals surface area contributed by atoms with Crippen LogP contribution in [0.3, 0.4) is 0 Å². The van der Waals surface area contributed by atoms with Crippen LogP contribution in [0.5, 0.6) is 5.88 Å². The van der Waals surface area contributed by atoms with E-state index in [1.807, 2.05) is 0 Å². The molecule has 1 aromatic carbocycles. The summed E-state index contributed by atoms with van der Waals surface area (Å²) in [6.07, 6.45) is 1.13. The van der Waals surface area contributed by atoms with E-state index in [1.54, 1.807) is 12.1 Å². The first-order valence-corrected chi connectivity index (χ1v) is 6.64. The van der Waals surface area contributed by atoms with E-state index in [0.717, 1.165) is 0 Å². The summed E-state index contributed by atoms with van der Waals surface area (Å²) in [5.41, 5.74) is 0.394. The quantitative estimate of drug-likeness (QED) is 0.769. The molecule has 0 aliphatic carbocycles. The molecule has 3 rings (SSSR count). The van der Waals surface area contributed by atoms with Crippen LogP contribution in [0.1, 0.15) is 26.5 Å². The molecule has 0 atom stereocenters. The summed E-state index contributed by atoms with van der Waals surface area (Å²) < 4.78 is 4.92. The Morgan fingerprint density at radius 2 is 1.78 bits per heavy atom. The third kappa shape index (κ3) is 2.73. The Bertz CT molecular complexity index is 770. The van der Waals surface area contributed by atoms with E-state index < -0.39 is 17.8 Å². The van der Waals surface area contributed by atoms with Gasteiger partial charge in [0.15, 0.2) is 0 Å². The minimum Gasteiger partial charge on any atom is -0.481 e. The van der Waals surface area contributed by atoms with Crippen LogP contribution in [0, 0.1) is 0 Å². The maximum Gasteiger partial charge on any atom is 0.340 e. The number of amides is 2. The van der Waals surface area contributed by atoms with E-state index in [9.17, 15) is 14.4 Å². The molecule has 0 spiro atoms. The van der Waals surface area contributed by atoms with Gasteiger partial charge in [0.1, 0.15) is 12.2 Å². The monoisotopic (exact) mass is 313 g/mol. The van der Waals surface area contributed by atoms with Gasteiger partial charge < -0.3 is 9.57 Å². The number of carbonyl (C=O) groups is 3. The molecule has 1 aromatic heterocycles. The molecule has 0 radical (unpaired) electrons. The normalized spacial score (nSPS) is 13.0. The lowest BCUT2D eigenvalue weighted by Crippen LogP contribution is -2.33. The highest BCUT2D eigenvalue weighted by Crippen LogP contribution is 2.22. The Morgan fingerprint density at radius 3 is 2.39 bits per heavy atom. The van der Waals surface area contributed by atoms with Gasteiger partial charge in [-0.25, -0.2) is 9.78 Å². The van der Waals surface area contributed by atoms with Gasteiger partial charge in [0.2, 0.25) is 5.88 Å². The van der Waals surface area contributed by atoms with Gasteiger partial charge >= 0.3 is 5.97 Å². The predicted octanol–water partition coefficient (Wildman–Crippen LogP) is 0.782. The van der Waals surface area contributed by atoms with Gasteiger partial charge in [-0.3, -0.25) is 9.59 Å². The van der Waals surface area contributed by atoms with E-state index >= 15 is 0 Å². The fourth-order valence-corrected chi connectivity index (χ4v) is 2.09. The summed E-state index contributed by atoms with van der Waals surface area (Å²) in [5, 5.41) is 0.452. The van der Waals surface area contributed by atoms with Gasteiger partial charge in [-0.1, -0.05) is 17.2 Å².